The molecule has 5 nitrogen and oxygen atoms in total. The van der Waals surface area contributed by atoms with Gasteiger partial charge in [0, 0.05) is 25.1 Å². The summed E-state index contributed by atoms with van der Waals surface area (Å²) in [6.45, 7) is 4.07. The Hall–Kier alpha value is -1.36. The maximum absolute atomic E-state index is 5.51. The predicted molar refractivity (Wildman–Crippen MR) is 70.0 cm³/mol. The summed E-state index contributed by atoms with van der Waals surface area (Å²) in [5.41, 5.74) is 3.69. The van der Waals surface area contributed by atoms with Gasteiger partial charge in [-0.1, -0.05) is 6.92 Å². The highest BCUT2D eigenvalue weighted by molar-refractivity contribution is 5.58. The summed E-state index contributed by atoms with van der Waals surface area (Å²) in [5, 5.41) is 0. The van der Waals surface area contributed by atoms with E-state index in [0.717, 1.165) is 29.4 Å². The normalized spacial score (nSPS) is 15.5. The largest absolute Gasteiger partial charge is 0.356 e. The van der Waals surface area contributed by atoms with Crippen LogP contribution in [0.25, 0.3) is 0 Å². The average Bonchev–Trinajstić information content (AvgIpc) is 2.27. The Bertz CT molecular complexity index is 400. The first kappa shape index (κ1) is 12.1. The highest BCUT2D eigenvalue weighted by Crippen LogP contribution is 2.30. The van der Waals surface area contributed by atoms with Crippen LogP contribution in [0.1, 0.15) is 37.6 Å². The van der Waals surface area contributed by atoms with Gasteiger partial charge >= 0.3 is 0 Å². The van der Waals surface area contributed by atoms with Crippen molar-refractivity contribution in [3.8, 4) is 0 Å². The van der Waals surface area contributed by atoms with E-state index in [2.05, 4.69) is 34.3 Å². The van der Waals surface area contributed by atoms with E-state index in [1.165, 1.54) is 19.3 Å². The molecule has 0 atom stereocenters. The molecule has 1 aliphatic carbocycles. The van der Waals surface area contributed by atoms with Crippen LogP contribution in [-0.4, -0.2) is 23.1 Å². The lowest BCUT2D eigenvalue weighted by molar-refractivity contribution is 0.398. The fourth-order valence-electron chi connectivity index (χ4n) is 2.14. The van der Waals surface area contributed by atoms with E-state index < -0.39 is 0 Å². The van der Waals surface area contributed by atoms with Crippen molar-refractivity contribution in [3.63, 3.8) is 0 Å². The van der Waals surface area contributed by atoms with E-state index in [9.17, 15) is 0 Å². The molecule has 1 saturated carbocycles. The number of aryl methyl sites for hydroxylation is 1. The number of anilines is 2. The lowest BCUT2D eigenvalue weighted by Gasteiger charge is -2.36. The van der Waals surface area contributed by atoms with Gasteiger partial charge in [0.05, 0.1) is 0 Å². The Labute approximate surface area is 102 Å². The molecule has 94 valence electrons. The molecule has 2 rings (SSSR count). The summed E-state index contributed by atoms with van der Waals surface area (Å²) in [4.78, 5) is 11.3. The van der Waals surface area contributed by atoms with Gasteiger partial charge in [-0.25, -0.2) is 15.8 Å². The van der Waals surface area contributed by atoms with Gasteiger partial charge in [-0.15, -0.1) is 0 Å². The molecule has 1 aliphatic rings. The molecule has 0 bridgehead atoms. The summed E-state index contributed by atoms with van der Waals surface area (Å²) < 4.78 is 0. The van der Waals surface area contributed by atoms with Crippen molar-refractivity contribution in [1.29, 1.82) is 0 Å². The third kappa shape index (κ3) is 2.20. The van der Waals surface area contributed by atoms with Crippen LogP contribution in [0.4, 0.5) is 11.6 Å². The molecule has 5 heteroatoms. The minimum Gasteiger partial charge on any atom is -0.356 e. The van der Waals surface area contributed by atoms with E-state index in [1.807, 2.05) is 6.92 Å². The molecule has 17 heavy (non-hydrogen) atoms. The Morgan fingerprint density at radius 2 is 2.12 bits per heavy atom. The van der Waals surface area contributed by atoms with Gasteiger partial charge in [0.25, 0.3) is 0 Å². The van der Waals surface area contributed by atoms with Gasteiger partial charge in [-0.2, -0.15) is 0 Å². The fourth-order valence-corrected chi connectivity index (χ4v) is 2.14. The molecule has 0 aliphatic heterocycles. The minimum absolute atomic E-state index is 0.624. The quantitative estimate of drug-likeness (QED) is 0.613. The van der Waals surface area contributed by atoms with Crippen molar-refractivity contribution < 1.29 is 0 Å². The van der Waals surface area contributed by atoms with Crippen molar-refractivity contribution in [2.45, 2.75) is 45.6 Å². The second-order valence-electron chi connectivity index (χ2n) is 4.63. The van der Waals surface area contributed by atoms with Crippen LogP contribution < -0.4 is 16.2 Å². The first-order valence-electron chi connectivity index (χ1n) is 6.24. The lowest BCUT2D eigenvalue weighted by Crippen LogP contribution is -2.38. The van der Waals surface area contributed by atoms with Crippen LogP contribution >= 0.6 is 0 Å². The summed E-state index contributed by atoms with van der Waals surface area (Å²) in [7, 11) is 2.11. The van der Waals surface area contributed by atoms with E-state index in [0.29, 0.717) is 6.04 Å². The SMILES string of the molecule is CCc1nc(NN)c(C)c(N(C)C2CCC2)n1. The molecule has 0 aromatic carbocycles. The molecule has 0 radical (unpaired) electrons. The zero-order chi connectivity index (χ0) is 12.4. The van der Waals surface area contributed by atoms with Gasteiger partial charge in [0.2, 0.25) is 0 Å². The number of nitrogens with zero attached hydrogens (tertiary/aromatic N) is 3. The molecule has 1 fully saturated rings. The standard InChI is InChI=1S/C12H21N5/c1-4-10-14-11(16-13)8(2)12(15-10)17(3)9-6-5-7-9/h9H,4-7,13H2,1-3H3,(H,14,15,16). The highest BCUT2D eigenvalue weighted by atomic mass is 15.3. The minimum atomic E-state index is 0.624. The zero-order valence-electron chi connectivity index (χ0n) is 10.8. The number of nitrogens with two attached hydrogens (primary N) is 1. The molecule has 1 aromatic rings. The van der Waals surface area contributed by atoms with Crippen molar-refractivity contribution in [1.82, 2.24) is 9.97 Å². The summed E-state index contributed by atoms with van der Waals surface area (Å²) in [6.07, 6.45) is 4.65. The van der Waals surface area contributed by atoms with Gasteiger partial charge < -0.3 is 10.3 Å². The summed E-state index contributed by atoms with van der Waals surface area (Å²) in [6, 6.07) is 0.624. The number of rotatable bonds is 4. The maximum atomic E-state index is 5.51. The van der Waals surface area contributed by atoms with Gasteiger partial charge in [0.15, 0.2) is 0 Å². The smallest absolute Gasteiger partial charge is 0.148 e. The lowest BCUT2D eigenvalue weighted by atomic mass is 9.92. The fraction of sp³-hybridized carbons (Fsp3) is 0.667. The van der Waals surface area contributed by atoms with Crippen LogP contribution in [0.2, 0.25) is 0 Å². The Kier molecular flexibility index (Phi) is 3.47. The molecule has 3 N–H and O–H groups in total. The van der Waals surface area contributed by atoms with Crippen LogP contribution in [0.15, 0.2) is 0 Å². The highest BCUT2D eigenvalue weighted by Gasteiger charge is 2.25. The molecule has 1 aromatic heterocycles. The van der Waals surface area contributed by atoms with E-state index >= 15 is 0 Å². The predicted octanol–water partition coefficient (Wildman–Crippen LogP) is 1.62. The molecular weight excluding hydrogens is 214 g/mol. The third-order valence-corrected chi connectivity index (χ3v) is 3.58. The number of nitrogen functional groups attached to an aromatic ring is 1. The van der Waals surface area contributed by atoms with E-state index in [1.54, 1.807) is 0 Å². The number of nitrogens with one attached hydrogen (secondary N) is 1. The first-order valence-corrected chi connectivity index (χ1v) is 6.24. The molecule has 0 unspecified atom stereocenters. The van der Waals surface area contributed by atoms with Crippen molar-refractivity contribution in [2.24, 2.45) is 5.84 Å². The number of hydrogen-bond donors (Lipinski definition) is 2. The first-order chi connectivity index (χ1) is 8.17. The van der Waals surface area contributed by atoms with Crippen LogP contribution in [0.3, 0.4) is 0 Å². The maximum Gasteiger partial charge on any atom is 0.148 e. The number of hydrogen-bond acceptors (Lipinski definition) is 5. The van der Waals surface area contributed by atoms with E-state index in [-0.39, 0.29) is 0 Å². The van der Waals surface area contributed by atoms with Crippen molar-refractivity contribution in [3.05, 3.63) is 11.4 Å². The second-order valence-corrected chi connectivity index (χ2v) is 4.63. The van der Waals surface area contributed by atoms with Crippen molar-refractivity contribution in [2.75, 3.05) is 17.4 Å². The number of hydrazine groups is 1. The summed E-state index contributed by atoms with van der Waals surface area (Å²) in [5.74, 6) is 8.09. The topological polar surface area (TPSA) is 67.1 Å². The number of aromatic nitrogens is 2. The molecular formula is C12H21N5. The van der Waals surface area contributed by atoms with Crippen molar-refractivity contribution >= 4 is 11.6 Å². The molecule has 1 heterocycles. The molecule has 0 saturated heterocycles. The summed E-state index contributed by atoms with van der Waals surface area (Å²) >= 11 is 0. The average molecular weight is 235 g/mol. The Morgan fingerprint density at radius 1 is 1.41 bits per heavy atom. The van der Waals surface area contributed by atoms with E-state index in [4.69, 9.17) is 5.84 Å². The van der Waals surface area contributed by atoms with Crippen LogP contribution in [-0.2, 0) is 6.42 Å². The van der Waals surface area contributed by atoms with Gasteiger partial charge in [0.1, 0.15) is 17.5 Å². The monoisotopic (exact) mass is 235 g/mol. The zero-order valence-corrected chi connectivity index (χ0v) is 10.8. The van der Waals surface area contributed by atoms with Crippen LogP contribution in [0.5, 0.6) is 0 Å². The Balaban J connectivity index is 2.36. The van der Waals surface area contributed by atoms with Crippen LogP contribution in [0, 0.1) is 6.92 Å². The molecule has 0 spiro atoms. The second kappa shape index (κ2) is 4.87. The molecule has 0 amide bonds. The Morgan fingerprint density at radius 3 is 2.59 bits per heavy atom. The third-order valence-electron chi connectivity index (χ3n) is 3.58. The van der Waals surface area contributed by atoms with Gasteiger partial charge in [-0.05, 0) is 26.2 Å². The van der Waals surface area contributed by atoms with Gasteiger partial charge in [-0.3, -0.25) is 0 Å².